The molecule has 0 aromatic heterocycles. The first-order valence-corrected chi connectivity index (χ1v) is 12.3. The Morgan fingerprint density at radius 3 is 1.34 bits per heavy atom. The van der Waals surface area contributed by atoms with Crippen molar-refractivity contribution in [2.75, 3.05) is 13.1 Å². The zero-order valence-corrected chi connectivity index (χ0v) is 19.0. The van der Waals surface area contributed by atoms with E-state index in [0.717, 1.165) is 9.80 Å². The fraction of sp³-hybridized carbons (Fsp3) is 0.500. The van der Waals surface area contributed by atoms with Gasteiger partial charge >= 0.3 is 19.7 Å². The summed E-state index contributed by atoms with van der Waals surface area (Å²) >= 11 is 5.79. The van der Waals surface area contributed by atoms with E-state index >= 15 is 0 Å². The lowest BCUT2D eigenvalue weighted by molar-refractivity contribution is -0.139. The van der Waals surface area contributed by atoms with Gasteiger partial charge in [-0.25, -0.2) is 0 Å². The van der Waals surface area contributed by atoms with Gasteiger partial charge in [0.15, 0.2) is 0 Å². The number of hydrogen-bond donors (Lipinski definition) is 0. The molecule has 0 atom stereocenters. The smallest absolute Gasteiger partial charge is 0.395 e. The van der Waals surface area contributed by atoms with Crippen molar-refractivity contribution in [1.82, 2.24) is 9.80 Å². The summed E-state index contributed by atoms with van der Waals surface area (Å²) in [7, 11) is -2.19. The summed E-state index contributed by atoms with van der Waals surface area (Å²) in [4.78, 5) is 71.4. The summed E-state index contributed by atoms with van der Waals surface area (Å²) in [5.74, 6) is -2.53. The molecule has 0 aliphatic carbocycles. The summed E-state index contributed by atoms with van der Waals surface area (Å²) in [5.41, 5.74) is 0. The third kappa shape index (κ3) is 8.51. The number of unbranched alkanes of at least 4 members (excludes halogenated alkanes) is 4. The molecule has 2 aliphatic rings. The molecule has 2 heterocycles. The molecule has 0 radical (unpaired) electrons. The fourth-order valence-corrected chi connectivity index (χ4v) is 4.01. The lowest BCUT2D eigenvalue weighted by Gasteiger charge is -2.13. The first kappa shape index (κ1) is 25.7. The van der Waals surface area contributed by atoms with Crippen molar-refractivity contribution in [2.24, 2.45) is 0 Å². The van der Waals surface area contributed by atoms with Crippen molar-refractivity contribution in [3.63, 3.8) is 0 Å². The minimum absolute atomic E-state index is 0.0754. The van der Waals surface area contributed by atoms with Gasteiger partial charge in [0.05, 0.1) is 0 Å². The molecular weight excluding hydrogens is 463 g/mol. The molecule has 0 unspecified atom stereocenters. The highest BCUT2D eigenvalue weighted by Gasteiger charge is 2.23. The second-order valence-electron chi connectivity index (χ2n) is 7.08. The van der Waals surface area contributed by atoms with Crippen LogP contribution in [0.1, 0.15) is 51.4 Å². The van der Waals surface area contributed by atoms with Crippen LogP contribution in [0.4, 0.5) is 0 Å². The van der Waals surface area contributed by atoms with E-state index in [4.69, 9.17) is 20.3 Å². The van der Waals surface area contributed by atoms with Gasteiger partial charge in [0, 0.05) is 50.2 Å². The number of carbonyl (C=O) groups excluding carboxylic acids is 6. The van der Waals surface area contributed by atoms with Crippen LogP contribution in [0.3, 0.4) is 0 Å². The largest absolute Gasteiger partial charge is 0.405 e. The van der Waals surface area contributed by atoms with Crippen molar-refractivity contribution in [2.45, 2.75) is 51.4 Å². The molecule has 2 aliphatic heterocycles. The van der Waals surface area contributed by atoms with Crippen molar-refractivity contribution in [3.05, 3.63) is 24.3 Å². The van der Waals surface area contributed by atoms with E-state index in [-0.39, 0.29) is 36.5 Å². The lowest BCUT2D eigenvalue weighted by atomic mass is 10.2. The molecule has 0 saturated heterocycles. The van der Waals surface area contributed by atoms with Crippen LogP contribution in [-0.2, 0) is 37.8 Å². The fourth-order valence-electron chi connectivity index (χ4n) is 3.01. The van der Waals surface area contributed by atoms with Crippen molar-refractivity contribution >= 4 is 54.5 Å². The molecule has 0 saturated carbocycles. The maximum absolute atomic E-state index is 11.8. The predicted octanol–water partition coefficient (Wildman–Crippen LogP) is 2.51. The molecule has 174 valence electrons. The minimum Gasteiger partial charge on any atom is -0.395 e. The van der Waals surface area contributed by atoms with Crippen molar-refractivity contribution < 1.29 is 37.8 Å². The number of carbonyl (C=O) groups is 6. The summed E-state index contributed by atoms with van der Waals surface area (Å²) in [6.45, 7) is 0.585. The highest BCUT2D eigenvalue weighted by Crippen LogP contribution is 2.44. The van der Waals surface area contributed by atoms with Crippen LogP contribution in [0.5, 0.6) is 0 Å². The Morgan fingerprint density at radius 2 is 1.00 bits per heavy atom. The summed E-state index contributed by atoms with van der Waals surface area (Å²) < 4.78 is 9.77. The van der Waals surface area contributed by atoms with Gasteiger partial charge in [-0.2, -0.15) is 0 Å². The van der Waals surface area contributed by atoms with Gasteiger partial charge in [0.1, 0.15) is 0 Å². The van der Waals surface area contributed by atoms with Crippen LogP contribution in [0, 0.1) is 0 Å². The number of imide groups is 2. The molecule has 10 nitrogen and oxygen atoms in total. The third-order valence-electron chi connectivity index (χ3n) is 4.67. The van der Waals surface area contributed by atoms with Gasteiger partial charge in [0.2, 0.25) is 0 Å². The number of rotatable bonds is 14. The van der Waals surface area contributed by atoms with Gasteiger partial charge in [-0.1, -0.05) is 12.8 Å². The van der Waals surface area contributed by atoms with Crippen LogP contribution in [0.2, 0.25) is 0 Å². The molecule has 4 amide bonds. The average Bonchev–Trinajstić information content (AvgIpc) is 3.22. The summed E-state index contributed by atoms with van der Waals surface area (Å²) in [5, 5.41) is 0. The standard InChI is InChI=1S/C20H24ClN2O8P/c21-32(30-19(28)7-3-1-5-13-22-15(24)9-10-16(22)25)31-20(29)8-4-2-6-14-23-17(26)11-12-18(23)27/h9-12H,1-8,13-14H2. The topological polar surface area (TPSA) is 127 Å². The van der Waals surface area contributed by atoms with Crippen LogP contribution < -0.4 is 0 Å². The van der Waals surface area contributed by atoms with Crippen LogP contribution >= 0.6 is 19.0 Å². The van der Waals surface area contributed by atoms with E-state index in [1.165, 1.54) is 24.3 Å². The first-order valence-electron chi connectivity index (χ1n) is 10.2. The minimum atomic E-state index is -2.19. The molecule has 0 aromatic rings. The molecular formula is C20H24ClN2O8P. The number of hydrogen-bond acceptors (Lipinski definition) is 8. The summed E-state index contributed by atoms with van der Waals surface area (Å²) in [6.07, 6.45) is 8.34. The van der Waals surface area contributed by atoms with E-state index in [1.807, 2.05) is 0 Å². The second-order valence-corrected chi connectivity index (χ2v) is 8.70. The molecule has 32 heavy (non-hydrogen) atoms. The zero-order valence-electron chi connectivity index (χ0n) is 17.4. The number of halogens is 1. The van der Waals surface area contributed by atoms with E-state index in [9.17, 15) is 28.8 Å². The van der Waals surface area contributed by atoms with Crippen LogP contribution in [-0.4, -0.2) is 58.5 Å². The quantitative estimate of drug-likeness (QED) is 0.208. The van der Waals surface area contributed by atoms with Gasteiger partial charge in [-0.05, 0) is 36.9 Å². The normalized spacial score (nSPS) is 15.4. The number of amides is 4. The highest BCUT2D eigenvalue weighted by molar-refractivity contribution is 7.76. The molecule has 0 fully saturated rings. The van der Waals surface area contributed by atoms with Gasteiger partial charge < -0.3 is 9.05 Å². The van der Waals surface area contributed by atoms with Gasteiger partial charge in [0.25, 0.3) is 23.6 Å². The van der Waals surface area contributed by atoms with Gasteiger partial charge in [-0.3, -0.25) is 38.6 Å². The van der Waals surface area contributed by atoms with E-state index in [2.05, 4.69) is 0 Å². The summed E-state index contributed by atoms with van der Waals surface area (Å²) in [6, 6.07) is 0. The third-order valence-corrected chi connectivity index (χ3v) is 5.78. The maximum Gasteiger partial charge on any atom is 0.405 e. The second kappa shape index (κ2) is 13.1. The van der Waals surface area contributed by atoms with E-state index in [1.54, 1.807) is 0 Å². The van der Waals surface area contributed by atoms with Crippen LogP contribution in [0.15, 0.2) is 24.3 Å². The van der Waals surface area contributed by atoms with E-state index in [0.29, 0.717) is 51.6 Å². The Balaban J connectivity index is 1.47. The van der Waals surface area contributed by atoms with Crippen molar-refractivity contribution in [3.8, 4) is 0 Å². The molecule has 0 N–H and O–H groups in total. The van der Waals surface area contributed by atoms with Gasteiger partial charge in [-0.15, -0.1) is 0 Å². The Bertz CT molecular complexity index is 726. The lowest BCUT2D eigenvalue weighted by Crippen LogP contribution is -2.30. The average molecular weight is 487 g/mol. The predicted molar refractivity (Wildman–Crippen MR) is 114 cm³/mol. The number of nitrogens with zero attached hydrogens (tertiary/aromatic N) is 2. The molecule has 12 heteroatoms. The monoisotopic (exact) mass is 486 g/mol. The maximum atomic E-state index is 11.8. The highest BCUT2D eigenvalue weighted by atomic mass is 35.7. The van der Waals surface area contributed by atoms with E-state index < -0.39 is 19.7 Å². The Hall–Kier alpha value is -2.58. The molecule has 0 spiro atoms. The molecule has 0 aromatic carbocycles. The zero-order chi connectivity index (χ0) is 23.5. The van der Waals surface area contributed by atoms with Crippen molar-refractivity contribution in [1.29, 1.82) is 0 Å². The Labute approximate surface area is 191 Å². The Kier molecular flexibility index (Phi) is 10.5. The Morgan fingerprint density at radius 1 is 0.656 bits per heavy atom. The first-order chi connectivity index (χ1) is 15.3. The van der Waals surface area contributed by atoms with Crippen LogP contribution in [0.25, 0.3) is 0 Å². The molecule has 2 rings (SSSR count). The molecule has 0 bridgehead atoms. The SMILES string of the molecule is O=C(CCCCCN1C(=O)C=CC1=O)OP(Cl)OC(=O)CCCCCN1C(=O)C=CC1=O.